The van der Waals surface area contributed by atoms with E-state index in [9.17, 15) is 4.39 Å². The maximum Gasteiger partial charge on any atom is 0.132 e. The van der Waals surface area contributed by atoms with Gasteiger partial charge in [0.15, 0.2) is 0 Å². The summed E-state index contributed by atoms with van der Waals surface area (Å²) in [5.74, 6) is -0.269. The predicted octanol–water partition coefficient (Wildman–Crippen LogP) is 2.13. The van der Waals surface area contributed by atoms with E-state index in [-0.39, 0.29) is 11.9 Å². The van der Waals surface area contributed by atoms with E-state index in [1.807, 2.05) is 6.92 Å². The maximum absolute atomic E-state index is 13.5. The maximum atomic E-state index is 13.5. The Hall–Kier alpha value is -1.09. The second-order valence-electron chi connectivity index (χ2n) is 3.20. The van der Waals surface area contributed by atoms with E-state index in [1.54, 1.807) is 19.1 Å². The Kier molecular flexibility index (Phi) is 2.88. The molecule has 1 aromatic rings. The van der Waals surface area contributed by atoms with Crippen LogP contribution in [0, 0.1) is 12.7 Å². The van der Waals surface area contributed by atoms with Gasteiger partial charge in [-0.05, 0) is 19.4 Å². The second kappa shape index (κ2) is 3.75. The molecule has 0 saturated carbocycles. The summed E-state index contributed by atoms with van der Waals surface area (Å²) in [5.41, 5.74) is 12.8. The van der Waals surface area contributed by atoms with E-state index in [0.29, 0.717) is 16.8 Å². The van der Waals surface area contributed by atoms with Crippen LogP contribution in [-0.4, -0.2) is 0 Å². The molecule has 1 rings (SSSR count). The topological polar surface area (TPSA) is 52.0 Å². The van der Waals surface area contributed by atoms with E-state index < -0.39 is 0 Å². The van der Waals surface area contributed by atoms with Gasteiger partial charge in [-0.15, -0.1) is 0 Å². The molecule has 0 bridgehead atoms. The highest BCUT2D eigenvalue weighted by Crippen LogP contribution is 2.23. The third-order valence-electron chi connectivity index (χ3n) is 2.30. The van der Waals surface area contributed by atoms with Crippen molar-refractivity contribution in [1.82, 2.24) is 0 Å². The van der Waals surface area contributed by atoms with Crippen LogP contribution < -0.4 is 11.5 Å². The molecule has 0 amide bonds. The van der Waals surface area contributed by atoms with Crippen LogP contribution in [0.5, 0.6) is 0 Å². The molecule has 13 heavy (non-hydrogen) atoms. The molecule has 0 aliphatic carbocycles. The molecule has 72 valence electrons. The van der Waals surface area contributed by atoms with Crippen LogP contribution in [0.2, 0.25) is 0 Å². The molecule has 0 radical (unpaired) electrons. The number of nitrogen functional groups attached to an aromatic ring is 1. The van der Waals surface area contributed by atoms with Crippen LogP contribution in [0.1, 0.15) is 30.5 Å². The van der Waals surface area contributed by atoms with E-state index in [4.69, 9.17) is 11.5 Å². The van der Waals surface area contributed by atoms with Crippen molar-refractivity contribution in [3.8, 4) is 0 Å². The predicted molar refractivity (Wildman–Crippen MR) is 52.8 cm³/mol. The lowest BCUT2D eigenvalue weighted by Crippen LogP contribution is -2.12. The molecule has 1 atom stereocenters. The van der Waals surface area contributed by atoms with Crippen LogP contribution in [0.3, 0.4) is 0 Å². The van der Waals surface area contributed by atoms with E-state index in [1.165, 1.54) is 0 Å². The Morgan fingerprint density at radius 3 is 2.62 bits per heavy atom. The third kappa shape index (κ3) is 1.80. The van der Waals surface area contributed by atoms with Crippen LogP contribution >= 0.6 is 0 Å². The summed E-state index contributed by atoms with van der Waals surface area (Å²) in [6.45, 7) is 3.59. The van der Waals surface area contributed by atoms with Crippen LogP contribution in [0.4, 0.5) is 10.1 Å². The van der Waals surface area contributed by atoms with E-state index in [2.05, 4.69) is 0 Å². The highest BCUT2D eigenvalue weighted by molar-refractivity contribution is 5.49. The first-order valence-corrected chi connectivity index (χ1v) is 4.38. The molecule has 0 fully saturated rings. The first kappa shape index (κ1) is 9.99. The third-order valence-corrected chi connectivity index (χ3v) is 2.30. The number of anilines is 1. The zero-order valence-corrected chi connectivity index (χ0v) is 7.97. The Labute approximate surface area is 77.7 Å². The Morgan fingerprint density at radius 1 is 1.46 bits per heavy atom. The fourth-order valence-electron chi connectivity index (χ4n) is 1.23. The van der Waals surface area contributed by atoms with Crippen molar-refractivity contribution < 1.29 is 4.39 Å². The largest absolute Gasteiger partial charge is 0.398 e. The fraction of sp³-hybridized carbons (Fsp3) is 0.400. The molecule has 2 nitrogen and oxygen atoms in total. The molecular formula is C10H15FN2. The summed E-state index contributed by atoms with van der Waals surface area (Å²) in [6.07, 6.45) is 0.722. The summed E-state index contributed by atoms with van der Waals surface area (Å²) < 4.78 is 13.5. The molecule has 0 aliphatic rings. The summed E-state index contributed by atoms with van der Waals surface area (Å²) in [4.78, 5) is 0. The van der Waals surface area contributed by atoms with Crippen molar-refractivity contribution in [2.75, 3.05) is 5.73 Å². The summed E-state index contributed by atoms with van der Waals surface area (Å²) in [6, 6.07) is 3.12. The van der Waals surface area contributed by atoms with Gasteiger partial charge in [-0.25, -0.2) is 4.39 Å². The summed E-state index contributed by atoms with van der Waals surface area (Å²) in [7, 11) is 0. The molecule has 0 spiro atoms. The quantitative estimate of drug-likeness (QED) is 0.688. The first-order valence-electron chi connectivity index (χ1n) is 4.38. The lowest BCUT2D eigenvalue weighted by molar-refractivity contribution is 0.569. The van der Waals surface area contributed by atoms with Crippen molar-refractivity contribution >= 4 is 5.69 Å². The Morgan fingerprint density at radius 2 is 2.08 bits per heavy atom. The standard InChI is InChI=1S/C10H15FN2/c1-3-8(12)7-4-5-9(13)6(2)10(7)11/h4-5,8H,3,12-13H2,1-2H3/t8-/m1/s1. The molecule has 4 N–H and O–H groups in total. The molecule has 0 aromatic heterocycles. The van der Waals surface area contributed by atoms with E-state index in [0.717, 1.165) is 6.42 Å². The Balaban J connectivity index is 3.18. The molecule has 0 unspecified atom stereocenters. The van der Waals surface area contributed by atoms with Crippen molar-refractivity contribution in [2.24, 2.45) is 5.73 Å². The molecule has 0 saturated heterocycles. The molecule has 1 aromatic carbocycles. The van der Waals surface area contributed by atoms with Crippen molar-refractivity contribution in [3.63, 3.8) is 0 Å². The zero-order valence-electron chi connectivity index (χ0n) is 7.97. The average molecular weight is 182 g/mol. The van der Waals surface area contributed by atoms with Gasteiger partial charge in [-0.1, -0.05) is 13.0 Å². The number of hydrogen-bond acceptors (Lipinski definition) is 2. The number of halogens is 1. The molecular weight excluding hydrogens is 167 g/mol. The fourth-order valence-corrected chi connectivity index (χ4v) is 1.23. The number of rotatable bonds is 2. The van der Waals surface area contributed by atoms with Crippen molar-refractivity contribution in [3.05, 3.63) is 29.1 Å². The minimum atomic E-state index is -0.269. The van der Waals surface area contributed by atoms with Gasteiger partial charge >= 0.3 is 0 Å². The normalized spacial score (nSPS) is 12.9. The smallest absolute Gasteiger partial charge is 0.132 e. The highest BCUT2D eigenvalue weighted by Gasteiger charge is 2.12. The average Bonchev–Trinajstić information content (AvgIpc) is 2.13. The van der Waals surface area contributed by atoms with Gasteiger partial charge in [0, 0.05) is 22.9 Å². The lowest BCUT2D eigenvalue weighted by atomic mass is 10.0. The van der Waals surface area contributed by atoms with Gasteiger partial charge in [0.25, 0.3) is 0 Å². The zero-order chi connectivity index (χ0) is 10.0. The van der Waals surface area contributed by atoms with Crippen LogP contribution in [-0.2, 0) is 0 Å². The molecule has 3 heteroatoms. The lowest BCUT2D eigenvalue weighted by Gasteiger charge is -2.12. The van der Waals surface area contributed by atoms with Crippen LogP contribution in [0.15, 0.2) is 12.1 Å². The van der Waals surface area contributed by atoms with Gasteiger partial charge in [-0.2, -0.15) is 0 Å². The summed E-state index contributed by atoms with van der Waals surface area (Å²) >= 11 is 0. The monoisotopic (exact) mass is 182 g/mol. The molecule has 0 aliphatic heterocycles. The van der Waals surface area contributed by atoms with Gasteiger partial charge < -0.3 is 11.5 Å². The first-order chi connectivity index (χ1) is 6.07. The minimum absolute atomic E-state index is 0.237. The van der Waals surface area contributed by atoms with Gasteiger partial charge in [-0.3, -0.25) is 0 Å². The summed E-state index contributed by atoms with van der Waals surface area (Å²) in [5, 5.41) is 0. The number of hydrogen-bond donors (Lipinski definition) is 2. The van der Waals surface area contributed by atoms with E-state index >= 15 is 0 Å². The number of benzene rings is 1. The number of nitrogens with two attached hydrogens (primary N) is 2. The SMILES string of the molecule is CC[C@@H](N)c1ccc(N)c(C)c1F. The van der Waals surface area contributed by atoms with Crippen molar-refractivity contribution in [2.45, 2.75) is 26.3 Å². The van der Waals surface area contributed by atoms with Gasteiger partial charge in [0.2, 0.25) is 0 Å². The molecule has 0 heterocycles. The highest BCUT2D eigenvalue weighted by atomic mass is 19.1. The van der Waals surface area contributed by atoms with Gasteiger partial charge in [0.1, 0.15) is 5.82 Å². The minimum Gasteiger partial charge on any atom is -0.398 e. The Bertz CT molecular complexity index is 310. The second-order valence-corrected chi connectivity index (χ2v) is 3.20. The van der Waals surface area contributed by atoms with Crippen molar-refractivity contribution in [1.29, 1.82) is 0 Å². The van der Waals surface area contributed by atoms with Crippen LogP contribution in [0.25, 0.3) is 0 Å². The van der Waals surface area contributed by atoms with Gasteiger partial charge in [0.05, 0.1) is 0 Å².